The lowest BCUT2D eigenvalue weighted by Crippen LogP contribution is -2.22. The monoisotopic (exact) mass is 284 g/mol. The molecular weight excluding hydrogens is 268 g/mol. The first-order valence-corrected chi connectivity index (χ1v) is 6.99. The molecule has 0 radical (unpaired) electrons. The van der Waals surface area contributed by atoms with Crippen molar-refractivity contribution in [3.8, 4) is 6.07 Å². The van der Waals surface area contributed by atoms with Gasteiger partial charge in [0.2, 0.25) is 0 Å². The number of hydrogen-bond donors (Lipinski definition) is 1. The Balaban J connectivity index is 2.08. The van der Waals surface area contributed by atoms with E-state index in [1.165, 1.54) is 5.56 Å². The molecule has 2 aromatic rings. The zero-order valence-corrected chi connectivity index (χ0v) is 12.4. The lowest BCUT2D eigenvalue weighted by atomic mass is 10.0. The molecule has 2 atom stereocenters. The van der Waals surface area contributed by atoms with Gasteiger partial charge in [0.15, 0.2) is 0 Å². The van der Waals surface area contributed by atoms with Crippen LogP contribution >= 0.6 is 11.6 Å². The van der Waals surface area contributed by atoms with E-state index in [9.17, 15) is 0 Å². The topological polar surface area (TPSA) is 35.8 Å². The summed E-state index contributed by atoms with van der Waals surface area (Å²) >= 11 is 5.90. The SMILES string of the molecule is CC(NC(C)c1cccc(C#N)c1)c1ccc(Cl)cc1. The summed E-state index contributed by atoms with van der Waals surface area (Å²) < 4.78 is 0. The van der Waals surface area contributed by atoms with Crippen LogP contribution in [0.4, 0.5) is 0 Å². The van der Waals surface area contributed by atoms with Crippen LogP contribution < -0.4 is 5.32 Å². The van der Waals surface area contributed by atoms with Crippen molar-refractivity contribution >= 4 is 11.6 Å². The highest BCUT2D eigenvalue weighted by molar-refractivity contribution is 6.30. The third-order valence-electron chi connectivity index (χ3n) is 3.39. The molecule has 0 aliphatic rings. The predicted octanol–water partition coefficient (Wildman–Crippen LogP) is 4.62. The molecule has 0 saturated heterocycles. The average molecular weight is 285 g/mol. The quantitative estimate of drug-likeness (QED) is 0.889. The highest BCUT2D eigenvalue weighted by Crippen LogP contribution is 2.21. The summed E-state index contributed by atoms with van der Waals surface area (Å²) in [5.41, 5.74) is 3.00. The van der Waals surface area contributed by atoms with Crippen LogP contribution in [0, 0.1) is 11.3 Å². The second-order valence-electron chi connectivity index (χ2n) is 4.90. The van der Waals surface area contributed by atoms with Crippen LogP contribution in [0.1, 0.15) is 42.6 Å². The van der Waals surface area contributed by atoms with Gasteiger partial charge in [-0.25, -0.2) is 0 Å². The highest BCUT2D eigenvalue weighted by Gasteiger charge is 2.11. The predicted molar refractivity (Wildman–Crippen MR) is 82.6 cm³/mol. The molecule has 0 bridgehead atoms. The minimum absolute atomic E-state index is 0.175. The first kappa shape index (κ1) is 14.6. The van der Waals surface area contributed by atoms with E-state index in [-0.39, 0.29) is 12.1 Å². The number of nitrogens with one attached hydrogen (secondary N) is 1. The van der Waals surface area contributed by atoms with Crippen LogP contribution in [0.5, 0.6) is 0 Å². The van der Waals surface area contributed by atoms with Gasteiger partial charge in [0.1, 0.15) is 0 Å². The van der Waals surface area contributed by atoms with Gasteiger partial charge in [-0.3, -0.25) is 0 Å². The molecule has 0 aliphatic carbocycles. The lowest BCUT2D eigenvalue weighted by molar-refractivity contribution is 0.494. The van der Waals surface area contributed by atoms with Crippen LogP contribution in [-0.4, -0.2) is 0 Å². The molecule has 0 aliphatic heterocycles. The maximum absolute atomic E-state index is 8.95. The Labute approximate surface area is 125 Å². The molecule has 2 rings (SSSR count). The van der Waals surface area contributed by atoms with Gasteiger partial charge in [0.25, 0.3) is 0 Å². The minimum atomic E-state index is 0.175. The van der Waals surface area contributed by atoms with E-state index in [0.717, 1.165) is 10.6 Å². The van der Waals surface area contributed by atoms with Crippen LogP contribution in [0.15, 0.2) is 48.5 Å². The smallest absolute Gasteiger partial charge is 0.0991 e. The van der Waals surface area contributed by atoms with E-state index in [1.807, 2.05) is 48.5 Å². The molecule has 0 aromatic heterocycles. The molecule has 0 saturated carbocycles. The molecule has 1 N–H and O–H groups in total. The first-order chi connectivity index (χ1) is 9.60. The van der Waals surface area contributed by atoms with Gasteiger partial charge < -0.3 is 5.32 Å². The molecule has 2 nitrogen and oxygen atoms in total. The Hall–Kier alpha value is -1.82. The van der Waals surface area contributed by atoms with Gasteiger partial charge in [0.05, 0.1) is 11.6 Å². The minimum Gasteiger partial charge on any atom is -0.304 e. The number of nitrogens with zero attached hydrogens (tertiary/aromatic N) is 1. The Morgan fingerprint density at radius 2 is 1.65 bits per heavy atom. The Bertz CT molecular complexity index is 614. The highest BCUT2D eigenvalue weighted by atomic mass is 35.5. The molecule has 0 fully saturated rings. The number of rotatable bonds is 4. The average Bonchev–Trinajstić information content (AvgIpc) is 2.47. The number of hydrogen-bond acceptors (Lipinski definition) is 2. The Morgan fingerprint density at radius 3 is 2.30 bits per heavy atom. The maximum atomic E-state index is 8.95. The van der Waals surface area contributed by atoms with Gasteiger partial charge in [-0.15, -0.1) is 0 Å². The van der Waals surface area contributed by atoms with E-state index >= 15 is 0 Å². The maximum Gasteiger partial charge on any atom is 0.0991 e. The molecule has 0 heterocycles. The molecule has 3 heteroatoms. The summed E-state index contributed by atoms with van der Waals surface area (Å²) in [5.74, 6) is 0. The summed E-state index contributed by atoms with van der Waals surface area (Å²) in [6.45, 7) is 4.22. The van der Waals surface area contributed by atoms with Crippen molar-refractivity contribution in [1.29, 1.82) is 5.26 Å². The third kappa shape index (κ3) is 3.60. The van der Waals surface area contributed by atoms with Crippen LogP contribution in [0.3, 0.4) is 0 Å². The molecule has 2 aromatic carbocycles. The summed E-state index contributed by atoms with van der Waals surface area (Å²) in [4.78, 5) is 0. The van der Waals surface area contributed by atoms with Crippen molar-refractivity contribution in [1.82, 2.24) is 5.32 Å². The van der Waals surface area contributed by atoms with Crippen LogP contribution in [0.2, 0.25) is 5.02 Å². The first-order valence-electron chi connectivity index (χ1n) is 6.61. The zero-order valence-electron chi connectivity index (χ0n) is 11.6. The molecular formula is C17H17ClN2. The third-order valence-corrected chi connectivity index (χ3v) is 3.64. The van der Waals surface area contributed by atoms with Gasteiger partial charge in [-0.1, -0.05) is 35.9 Å². The van der Waals surface area contributed by atoms with Crippen molar-refractivity contribution in [2.45, 2.75) is 25.9 Å². The number of benzene rings is 2. The van der Waals surface area contributed by atoms with Gasteiger partial charge >= 0.3 is 0 Å². The fraction of sp³-hybridized carbons (Fsp3) is 0.235. The van der Waals surface area contributed by atoms with Crippen LogP contribution in [0.25, 0.3) is 0 Å². The van der Waals surface area contributed by atoms with Crippen molar-refractivity contribution in [3.63, 3.8) is 0 Å². The molecule has 102 valence electrons. The largest absolute Gasteiger partial charge is 0.304 e. The van der Waals surface area contributed by atoms with Gasteiger partial charge in [-0.05, 0) is 49.2 Å². The van der Waals surface area contributed by atoms with Crippen molar-refractivity contribution < 1.29 is 0 Å². The second kappa shape index (κ2) is 6.56. The molecule has 2 unspecified atom stereocenters. The Morgan fingerprint density at radius 1 is 1.00 bits per heavy atom. The molecule has 0 spiro atoms. The standard InChI is InChI=1S/C17H17ClN2/c1-12(15-6-8-17(18)9-7-15)20-13(2)16-5-3-4-14(10-16)11-19/h3-10,12-13,20H,1-2H3. The zero-order chi connectivity index (χ0) is 14.5. The van der Waals surface area contributed by atoms with E-state index in [1.54, 1.807) is 0 Å². The summed E-state index contributed by atoms with van der Waals surface area (Å²) in [7, 11) is 0. The summed E-state index contributed by atoms with van der Waals surface area (Å²) in [6, 6.07) is 18.1. The fourth-order valence-corrected chi connectivity index (χ4v) is 2.32. The van der Waals surface area contributed by atoms with Gasteiger partial charge in [0, 0.05) is 17.1 Å². The summed E-state index contributed by atoms with van der Waals surface area (Å²) in [6.07, 6.45) is 0. The van der Waals surface area contributed by atoms with Crippen LogP contribution in [-0.2, 0) is 0 Å². The Kier molecular flexibility index (Phi) is 4.79. The van der Waals surface area contributed by atoms with E-state index in [0.29, 0.717) is 5.56 Å². The van der Waals surface area contributed by atoms with E-state index in [2.05, 4.69) is 25.2 Å². The summed E-state index contributed by atoms with van der Waals surface area (Å²) in [5, 5.41) is 13.2. The van der Waals surface area contributed by atoms with Crippen molar-refractivity contribution in [2.75, 3.05) is 0 Å². The van der Waals surface area contributed by atoms with Crippen molar-refractivity contribution in [3.05, 3.63) is 70.2 Å². The van der Waals surface area contributed by atoms with Gasteiger partial charge in [-0.2, -0.15) is 5.26 Å². The van der Waals surface area contributed by atoms with E-state index < -0.39 is 0 Å². The lowest BCUT2D eigenvalue weighted by Gasteiger charge is -2.21. The van der Waals surface area contributed by atoms with Crippen molar-refractivity contribution in [2.24, 2.45) is 0 Å². The fourth-order valence-electron chi connectivity index (χ4n) is 2.20. The second-order valence-corrected chi connectivity index (χ2v) is 5.34. The van der Waals surface area contributed by atoms with E-state index in [4.69, 9.17) is 16.9 Å². The normalized spacial score (nSPS) is 13.5. The number of halogens is 1. The molecule has 20 heavy (non-hydrogen) atoms. The number of nitriles is 1. The molecule has 0 amide bonds.